The minimum atomic E-state index is 0.526. The molecule has 0 fully saturated rings. The van der Waals surface area contributed by atoms with Crippen LogP contribution in [0.15, 0.2) is 34.9 Å². The van der Waals surface area contributed by atoms with Crippen LogP contribution in [0.4, 0.5) is 0 Å². The molecule has 2 rings (SSSR count). The molecule has 0 aliphatic carbocycles. The molecule has 2 aromatic rings. The highest BCUT2D eigenvalue weighted by atomic mass is 79.9. The van der Waals surface area contributed by atoms with Gasteiger partial charge in [-0.15, -0.1) is 0 Å². The lowest BCUT2D eigenvalue weighted by Crippen LogP contribution is -2.04. The van der Waals surface area contributed by atoms with E-state index in [2.05, 4.69) is 20.9 Å². The van der Waals surface area contributed by atoms with Crippen LogP contribution in [0, 0.1) is 0 Å². The molecule has 0 atom stereocenters. The summed E-state index contributed by atoms with van der Waals surface area (Å²) in [7, 11) is 1.65. The molecule has 0 unspecified atom stereocenters. The van der Waals surface area contributed by atoms with Gasteiger partial charge in [0.2, 0.25) is 0 Å². The van der Waals surface area contributed by atoms with Crippen molar-refractivity contribution in [3.8, 4) is 5.75 Å². The summed E-state index contributed by atoms with van der Waals surface area (Å²) in [5.41, 5.74) is 0.877. The molecular weight excluding hydrogens is 270 g/mol. The van der Waals surface area contributed by atoms with Crippen LogP contribution in [0.5, 0.6) is 5.75 Å². The maximum Gasteiger partial charge on any atom is 0.146 e. The van der Waals surface area contributed by atoms with Gasteiger partial charge in [0.25, 0.3) is 0 Å². The maximum absolute atomic E-state index is 5.62. The van der Waals surface area contributed by atoms with E-state index in [1.165, 1.54) is 0 Å². The van der Waals surface area contributed by atoms with E-state index < -0.39 is 0 Å². The Morgan fingerprint density at radius 3 is 3.00 bits per heavy atom. The first-order chi connectivity index (χ1) is 7.81. The van der Waals surface area contributed by atoms with E-state index >= 15 is 0 Å². The Hall–Kier alpha value is -1.13. The summed E-state index contributed by atoms with van der Waals surface area (Å²) >= 11 is 3.45. The van der Waals surface area contributed by atoms with Crippen molar-refractivity contribution in [3.63, 3.8) is 0 Å². The minimum absolute atomic E-state index is 0.526. The van der Waals surface area contributed by atoms with E-state index in [0.29, 0.717) is 13.2 Å². The zero-order chi connectivity index (χ0) is 11.4. The lowest BCUT2D eigenvalue weighted by atomic mass is 10.2. The average Bonchev–Trinajstić information content (AvgIpc) is 2.29. The van der Waals surface area contributed by atoms with Gasteiger partial charge in [0.05, 0.1) is 6.61 Å². The first-order valence-electron chi connectivity index (χ1n) is 4.97. The number of fused-ring (bicyclic) bond motifs is 1. The number of benzene rings is 1. The summed E-state index contributed by atoms with van der Waals surface area (Å²) in [5, 5.41) is 1.06. The molecule has 0 radical (unpaired) electrons. The van der Waals surface area contributed by atoms with Crippen LogP contribution >= 0.6 is 15.9 Å². The molecule has 16 heavy (non-hydrogen) atoms. The molecule has 0 amide bonds. The van der Waals surface area contributed by atoms with Crippen molar-refractivity contribution >= 4 is 26.8 Å². The number of rotatable bonds is 4. The summed E-state index contributed by atoms with van der Waals surface area (Å²) in [6, 6.07) is 7.86. The number of halogens is 1. The Morgan fingerprint density at radius 2 is 2.19 bits per heavy atom. The molecular formula is C12H12BrNO2. The van der Waals surface area contributed by atoms with Crippen LogP contribution in [0.1, 0.15) is 0 Å². The molecule has 1 heterocycles. The molecule has 1 aromatic carbocycles. The Kier molecular flexibility index (Phi) is 3.74. The summed E-state index contributed by atoms with van der Waals surface area (Å²) in [4.78, 5) is 4.31. The average molecular weight is 282 g/mol. The first-order valence-corrected chi connectivity index (χ1v) is 5.76. The van der Waals surface area contributed by atoms with Gasteiger partial charge in [-0.25, -0.2) is 0 Å². The highest BCUT2D eigenvalue weighted by Gasteiger charge is 2.04. The number of pyridine rings is 1. The monoisotopic (exact) mass is 281 g/mol. The zero-order valence-corrected chi connectivity index (χ0v) is 10.5. The summed E-state index contributed by atoms with van der Waals surface area (Å²) in [6.45, 7) is 1.10. The maximum atomic E-state index is 5.62. The fourth-order valence-electron chi connectivity index (χ4n) is 1.47. The predicted molar refractivity (Wildman–Crippen MR) is 66.8 cm³/mol. The van der Waals surface area contributed by atoms with Crippen molar-refractivity contribution < 1.29 is 9.47 Å². The second-order valence-corrected chi connectivity index (χ2v) is 4.24. The lowest BCUT2D eigenvalue weighted by Gasteiger charge is -2.08. The number of aromatic nitrogens is 1. The Balaban J connectivity index is 2.34. The number of methoxy groups -OCH3 is 1. The van der Waals surface area contributed by atoms with Gasteiger partial charge in [0.15, 0.2) is 0 Å². The van der Waals surface area contributed by atoms with Crippen LogP contribution in [-0.2, 0) is 4.74 Å². The Labute approximate surface area is 103 Å². The molecule has 0 N–H and O–H groups in total. The van der Waals surface area contributed by atoms with Crippen molar-refractivity contribution in [2.24, 2.45) is 0 Å². The Bertz CT molecular complexity index is 487. The largest absolute Gasteiger partial charge is 0.489 e. The van der Waals surface area contributed by atoms with Gasteiger partial charge in [-0.3, -0.25) is 4.98 Å². The second kappa shape index (κ2) is 5.27. The van der Waals surface area contributed by atoms with Crippen LogP contribution in [-0.4, -0.2) is 25.3 Å². The van der Waals surface area contributed by atoms with Crippen LogP contribution < -0.4 is 4.74 Å². The standard InChI is InChI=1S/C12H12BrNO2/c1-15-5-6-16-11-8-10(13)7-9-3-2-4-14-12(9)11/h2-4,7-8H,5-6H2,1H3. The molecule has 3 nitrogen and oxygen atoms in total. The normalized spacial score (nSPS) is 10.6. The second-order valence-electron chi connectivity index (χ2n) is 3.32. The van der Waals surface area contributed by atoms with E-state index in [-0.39, 0.29) is 0 Å². The number of hydrogen-bond donors (Lipinski definition) is 0. The van der Waals surface area contributed by atoms with Gasteiger partial charge in [0.1, 0.15) is 17.9 Å². The summed E-state index contributed by atoms with van der Waals surface area (Å²) < 4.78 is 11.6. The number of ether oxygens (including phenoxy) is 2. The van der Waals surface area contributed by atoms with E-state index in [0.717, 1.165) is 21.1 Å². The predicted octanol–water partition coefficient (Wildman–Crippen LogP) is 3.02. The third-order valence-electron chi connectivity index (χ3n) is 2.18. The highest BCUT2D eigenvalue weighted by molar-refractivity contribution is 9.10. The molecule has 1 aromatic heterocycles. The molecule has 0 bridgehead atoms. The van der Waals surface area contributed by atoms with Gasteiger partial charge < -0.3 is 9.47 Å². The molecule has 0 saturated heterocycles. The molecule has 84 valence electrons. The van der Waals surface area contributed by atoms with Gasteiger partial charge >= 0.3 is 0 Å². The Morgan fingerprint density at radius 1 is 1.31 bits per heavy atom. The van der Waals surface area contributed by atoms with Crippen molar-refractivity contribution in [3.05, 3.63) is 34.9 Å². The van der Waals surface area contributed by atoms with Gasteiger partial charge in [-0.2, -0.15) is 0 Å². The first kappa shape index (κ1) is 11.4. The van der Waals surface area contributed by atoms with Gasteiger partial charge in [-0.1, -0.05) is 22.0 Å². The van der Waals surface area contributed by atoms with Crippen molar-refractivity contribution in [2.75, 3.05) is 20.3 Å². The van der Waals surface area contributed by atoms with Crippen molar-refractivity contribution in [2.45, 2.75) is 0 Å². The van der Waals surface area contributed by atoms with Gasteiger partial charge in [0, 0.05) is 23.2 Å². The summed E-state index contributed by atoms with van der Waals surface area (Å²) in [5.74, 6) is 0.780. The van der Waals surface area contributed by atoms with E-state index in [1.54, 1.807) is 13.3 Å². The minimum Gasteiger partial charge on any atom is -0.489 e. The molecule has 0 aliphatic rings. The third-order valence-corrected chi connectivity index (χ3v) is 2.64. The fraction of sp³-hybridized carbons (Fsp3) is 0.250. The van der Waals surface area contributed by atoms with Crippen molar-refractivity contribution in [1.82, 2.24) is 4.98 Å². The van der Waals surface area contributed by atoms with Crippen LogP contribution in [0.3, 0.4) is 0 Å². The number of hydrogen-bond acceptors (Lipinski definition) is 3. The SMILES string of the molecule is COCCOc1cc(Br)cc2cccnc12. The van der Waals surface area contributed by atoms with Gasteiger partial charge in [-0.05, 0) is 18.2 Å². The highest BCUT2D eigenvalue weighted by Crippen LogP contribution is 2.28. The molecule has 0 spiro atoms. The lowest BCUT2D eigenvalue weighted by molar-refractivity contribution is 0.147. The van der Waals surface area contributed by atoms with Crippen LogP contribution in [0.25, 0.3) is 10.9 Å². The number of nitrogens with zero attached hydrogens (tertiary/aromatic N) is 1. The molecule has 4 heteroatoms. The third kappa shape index (κ3) is 2.51. The van der Waals surface area contributed by atoms with E-state index in [9.17, 15) is 0 Å². The summed E-state index contributed by atoms with van der Waals surface area (Å²) in [6.07, 6.45) is 1.76. The quantitative estimate of drug-likeness (QED) is 0.808. The molecule has 0 aliphatic heterocycles. The van der Waals surface area contributed by atoms with Crippen molar-refractivity contribution in [1.29, 1.82) is 0 Å². The van der Waals surface area contributed by atoms with E-state index in [4.69, 9.17) is 9.47 Å². The van der Waals surface area contributed by atoms with Crippen LogP contribution in [0.2, 0.25) is 0 Å². The smallest absolute Gasteiger partial charge is 0.146 e. The fourth-order valence-corrected chi connectivity index (χ4v) is 1.92. The zero-order valence-electron chi connectivity index (χ0n) is 8.94. The van der Waals surface area contributed by atoms with E-state index in [1.807, 2.05) is 24.3 Å². The topological polar surface area (TPSA) is 31.4 Å². The molecule has 0 saturated carbocycles.